The molecule has 2 aromatic rings. The van der Waals surface area contributed by atoms with E-state index in [-0.39, 0.29) is 0 Å². The molecule has 112 valence electrons. The minimum atomic E-state index is 0.366. The van der Waals surface area contributed by atoms with Gasteiger partial charge in [0.15, 0.2) is 4.77 Å². The van der Waals surface area contributed by atoms with Crippen molar-refractivity contribution in [3.05, 3.63) is 38.6 Å². The predicted molar refractivity (Wildman–Crippen MR) is 94.9 cm³/mol. The zero-order valence-electron chi connectivity index (χ0n) is 12.5. The molecule has 0 saturated heterocycles. The van der Waals surface area contributed by atoms with Gasteiger partial charge < -0.3 is 10.4 Å². The number of hydrogen-bond acceptors (Lipinski definition) is 2. The first-order chi connectivity index (χ1) is 9.97. The molecule has 3 nitrogen and oxygen atoms in total. The summed E-state index contributed by atoms with van der Waals surface area (Å²) in [7, 11) is 0. The van der Waals surface area contributed by atoms with Gasteiger partial charge in [-0.05, 0) is 69.4 Å². The fourth-order valence-electron chi connectivity index (χ4n) is 2.98. The third-order valence-corrected chi connectivity index (χ3v) is 5.26. The Hall–Kier alpha value is -1.07. The van der Waals surface area contributed by atoms with Crippen LogP contribution >= 0.6 is 28.1 Å². The van der Waals surface area contributed by atoms with Crippen molar-refractivity contribution in [1.82, 2.24) is 9.66 Å². The molecule has 0 fully saturated rings. The average Bonchev–Trinajstić information content (AvgIpc) is 2.64. The average molecular weight is 366 g/mol. The minimum absolute atomic E-state index is 0.366. The molecular weight excluding hydrogens is 346 g/mol. The van der Waals surface area contributed by atoms with Gasteiger partial charge in [-0.15, -0.1) is 0 Å². The quantitative estimate of drug-likeness (QED) is 0.584. The van der Waals surface area contributed by atoms with E-state index in [1.807, 2.05) is 4.68 Å². The van der Waals surface area contributed by atoms with Gasteiger partial charge in [0.05, 0.1) is 11.0 Å². The molecule has 2 N–H and O–H groups in total. The zero-order valence-corrected chi connectivity index (χ0v) is 14.9. The van der Waals surface area contributed by atoms with E-state index in [4.69, 9.17) is 12.2 Å². The number of nitrogens with zero attached hydrogens (tertiary/aromatic N) is 1. The summed E-state index contributed by atoms with van der Waals surface area (Å²) < 4.78 is 3.94. The van der Waals surface area contributed by atoms with Crippen molar-refractivity contribution in [2.24, 2.45) is 5.92 Å². The molecule has 0 radical (unpaired) electrons. The highest BCUT2D eigenvalue weighted by atomic mass is 79.9. The molecule has 1 aliphatic rings. The smallest absolute Gasteiger partial charge is 0.197 e. The minimum Gasteiger partial charge on any atom is -0.329 e. The number of aromatic amines is 1. The summed E-state index contributed by atoms with van der Waals surface area (Å²) in [5, 5.41) is 0. The first-order valence-corrected chi connectivity index (χ1v) is 8.49. The molecule has 0 spiro atoms. The van der Waals surface area contributed by atoms with Gasteiger partial charge >= 0.3 is 0 Å². The van der Waals surface area contributed by atoms with Crippen molar-refractivity contribution < 1.29 is 0 Å². The Bertz CT molecular complexity index is 768. The lowest BCUT2D eigenvalue weighted by Crippen LogP contribution is -2.31. The number of rotatable bonds is 2. The molecule has 2 atom stereocenters. The number of imidazole rings is 1. The van der Waals surface area contributed by atoms with Crippen molar-refractivity contribution in [3.8, 4) is 0 Å². The molecule has 1 aromatic carbocycles. The monoisotopic (exact) mass is 365 g/mol. The van der Waals surface area contributed by atoms with E-state index in [2.05, 4.69) is 65.3 Å². The summed E-state index contributed by atoms with van der Waals surface area (Å²) in [6.45, 7) is 6.56. The molecule has 0 bridgehead atoms. The molecule has 0 aliphatic carbocycles. The summed E-state index contributed by atoms with van der Waals surface area (Å²) in [5.41, 5.74) is 8.56. The molecule has 0 amide bonds. The summed E-state index contributed by atoms with van der Waals surface area (Å²) in [6, 6.07) is 4.56. The first kappa shape index (κ1) is 14.9. The van der Waals surface area contributed by atoms with Gasteiger partial charge in [-0.1, -0.05) is 27.6 Å². The lowest BCUT2D eigenvalue weighted by Gasteiger charge is -2.22. The van der Waals surface area contributed by atoms with Gasteiger partial charge in [0.2, 0.25) is 0 Å². The van der Waals surface area contributed by atoms with Crippen LogP contribution < -0.4 is 5.43 Å². The van der Waals surface area contributed by atoms with Crippen LogP contribution in [-0.2, 0) is 6.42 Å². The fourth-order valence-corrected chi connectivity index (χ4v) is 3.72. The molecule has 2 unspecified atom stereocenters. The van der Waals surface area contributed by atoms with Crippen molar-refractivity contribution in [3.63, 3.8) is 0 Å². The Kier molecular flexibility index (Phi) is 3.97. The normalized spacial score (nSPS) is 21.0. The highest BCUT2D eigenvalue weighted by Gasteiger charge is 2.25. The summed E-state index contributed by atoms with van der Waals surface area (Å²) in [5.74, 6) is 0.552. The maximum absolute atomic E-state index is 5.46. The van der Waals surface area contributed by atoms with Crippen molar-refractivity contribution in [1.29, 1.82) is 0 Å². The third-order valence-electron chi connectivity index (χ3n) is 4.23. The SMILES string of the molecule is CC(C)=CCC1Cc2c(Br)ccc3[nH]c(=S)n(c23)NC1C. The third kappa shape index (κ3) is 2.69. The maximum atomic E-state index is 5.46. The Morgan fingerprint density at radius 1 is 1.48 bits per heavy atom. The fraction of sp³-hybridized carbons (Fsp3) is 0.438. The van der Waals surface area contributed by atoms with Gasteiger partial charge in [-0.2, -0.15) is 0 Å². The first-order valence-electron chi connectivity index (χ1n) is 7.29. The summed E-state index contributed by atoms with van der Waals surface area (Å²) >= 11 is 9.18. The summed E-state index contributed by atoms with van der Waals surface area (Å²) in [6.07, 6.45) is 4.46. The van der Waals surface area contributed by atoms with Crippen LogP contribution in [0.1, 0.15) is 32.8 Å². The van der Waals surface area contributed by atoms with Crippen LogP contribution in [0.15, 0.2) is 28.3 Å². The molecule has 1 aliphatic heterocycles. The molecule has 2 heterocycles. The highest BCUT2D eigenvalue weighted by Crippen LogP contribution is 2.33. The second-order valence-electron chi connectivity index (χ2n) is 6.09. The van der Waals surface area contributed by atoms with Crippen LogP contribution in [0.25, 0.3) is 11.0 Å². The number of allylic oxidation sites excluding steroid dienone is 2. The van der Waals surface area contributed by atoms with Gasteiger partial charge in [-0.25, -0.2) is 4.68 Å². The van der Waals surface area contributed by atoms with E-state index in [0.717, 1.165) is 27.6 Å². The number of benzene rings is 1. The van der Waals surface area contributed by atoms with Crippen molar-refractivity contribution in [2.75, 3.05) is 5.43 Å². The van der Waals surface area contributed by atoms with Gasteiger partial charge in [0.1, 0.15) is 0 Å². The number of hydrogen-bond donors (Lipinski definition) is 2. The standard InChI is InChI=1S/C16H20BrN3S/c1-9(2)4-5-11-8-12-13(17)6-7-14-15(12)20(16(21)18-14)19-10(11)3/h4,6-7,10-11,19H,5,8H2,1-3H3,(H,18,21). The second-order valence-corrected chi connectivity index (χ2v) is 7.33. The highest BCUT2D eigenvalue weighted by molar-refractivity contribution is 9.10. The van der Waals surface area contributed by atoms with Crippen LogP contribution in [0.5, 0.6) is 0 Å². The number of nitrogens with one attached hydrogen (secondary N) is 2. The van der Waals surface area contributed by atoms with Gasteiger partial charge in [0.25, 0.3) is 0 Å². The predicted octanol–water partition coefficient (Wildman–Crippen LogP) is 4.92. The van der Waals surface area contributed by atoms with Gasteiger partial charge in [0, 0.05) is 10.5 Å². The largest absolute Gasteiger partial charge is 0.329 e. The van der Waals surface area contributed by atoms with E-state index >= 15 is 0 Å². The topological polar surface area (TPSA) is 32.8 Å². The summed E-state index contributed by atoms with van der Waals surface area (Å²) in [4.78, 5) is 3.28. The molecular formula is C16H20BrN3S. The Balaban J connectivity index is 2.12. The van der Waals surface area contributed by atoms with E-state index in [1.165, 1.54) is 16.7 Å². The molecule has 1 aromatic heterocycles. The lowest BCUT2D eigenvalue weighted by molar-refractivity contribution is 0.452. The maximum Gasteiger partial charge on any atom is 0.197 e. The van der Waals surface area contributed by atoms with Crippen LogP contribution in [0.4, 0.5) is 0 Å². The molecule has 0 saturated carbocycles. The van der Waals surface area contributed by atoms with E-state index in [9.17, 15) is 0 Å². The zero-order chi connectivity index (χ0) is 15.1. The lowest BCUT2D eigenvalue weighted by atomic mass is 9.90. The van der Waals surface area contributed by atoms with Crippen LogP contribution in [-0.4, -0.2) is 15.7 Å². The van der Waals surface area contributed by atoms with Gasteiger partial charge in [-0.3, -0.25) is 0 Å². The number of halogens is 1. The number of aromatic nitrogens is 2. The van der Waals surface area contributed by atoms with E-state index in [1.54, 1.807) is 0 Å². The molecule has 3 rings (SSSR count). The second kappa shape index (κ2) is 5.61. The Labute approximate surface area is 138 Å². The van der Waals surface area contributed by atoms with Crippen LogP contribution in [0.2, 0.25) is 0 Å². The molecule has 21 heavy (non-hydrogen) atoms. The van der Waals surface area contributed by atoms with E-state index < -0.39 is 0 Å². The Morgan fingerprint density at radius 3 is 2.95 bits per heavy atom. The Morgan fingerprint density at radius 2 is 2.24 bits per heavy atom. The van der Waals surface area contributed by atoms with Crippen molar-refractivity contribution in [2.45, 2.75) is 39.7 Å². The van der Waals surface area contributed by atoms with E-state index in [0.29, 0.717) is 12.0 Å². The van der Waals surface area contributed by atoms with Crippen LogP contribution in [0, 0.1) is 10.7 Å². The van der Waals surface area contributed by atoms with Crippen LogP contribution in [0.3, 0.4) is 0 Å². The molecule has 5 heteroatoms. The number of H-pyrrole nitrogens is 1. The van der Waals surface area contributed by atoms with Crippen molar-refractivity contribution >= 4 is 39.2 Å².